The van der Waals surface area contributed by atoms with Gasteiger partial charge < -0.3 is 14.8 Å². The third-order valence-corrected chi connectivity index (χ3v) is 7.29. The second-order valence-corrected chi connectivity index (χ2v) is 10.2. The Hall–Kier alpha value is -4.61. The minimum atomic E-state index is -5.11. The Balaban J connectivity index is 1.47. The van der Waals surface area contributed by atoms with Gasteiger partial charge in [0.15, 0.2) is 0 Å². The first-order valence-corrected chi connectivity index (χ1v) is 13.2. The van der Waals surface area contributed by atoms with Crippen molar-refractivity contribution in [1.82, 2.24) is 14.8 Å². The summed E-state index contributed by atoms with van der Waals surface area (Å²) in [7, 11) is 0. The molecule has 5 rings (SSSR count). The number of alkyl halides is 6. The molecule has 0 bridgehead atoms. The van der Waals surface area contributed by atoms with Gasteiger partial charge in [-0.15, -0.1) is 0 Å². The summed E-state index contributed by atoms with van der Waals surface area (Å²) in [6, 6.07) is 12.9. The maximum atomic E-state index is 13.6. The maximum absolute atomic E-state index is 13.6. The highest BCUT2D eigenvalue weighted by molar-refractivity contribution is 5.96. The van der Waals surface area contributed by atoms with Crippen LogP contribution in [-0.4, -0.2) is 52.3 Å². The van der Waals surface area contributed by atoms with E-state index in [2.05, 4.69) is 4.98 Å². The lowest BCUT2D eigenvalue weighted by molar-refractivity contribution is -0.143. The standard InChI is InChI=1S/C31H24F7N3O2/c32-24-5-3-4-19(12-24)8-9-28(42)40-10-11-41(25(18-40)15-21-17-39-27-7-2-1-6-26(21)27)29(43)20-13-22(30(33,34)35)16-23(14-20)31(36,37)38/h1-9,12-14,16-17,25,39H,10-11,15,18H2. The van der Waals surface area contributed by atoms with Crippen molar-refractivity contribution in [2.75, 3.05) is 19.6 Å². The van der Waals surface area contributed by atoms with E-state index in [1.807, 2.05) is 18.2 Å². The number of hydrogen-bond acceptors (Lipinski definition) is 2. The summed E-state index contributed by atoms with van der Waals surface area (Å²) in [6.45, 7) is -0.195. The molecule has 224 valence electrons. The fourth-order valence-corrected chi connectivity index (χ4v) is 5.18. The highest BCUT2D eigenvalue weighted by atomic mass is 19.4. The zero-order chi connectivity index (χ0) is 30.9. The monoisotopic (exact) mass is 603 g/mol. The number of fused-ring (bicyclic) bond motifs is 1. The summed E-state index contributed by atoms with van der Waals surface area (Å²) in [5.74, 6) is -1.94. The third-order valence-electron chi connectivity index (χ3n) is 7.29. The van der Waals surface area contributed by atoms with Gasteiger partial charge in [-0.3, -0.25) is 9.59 Å². The molecule has 0 radical (unpaired) electrons. The second kappa shape index (κ2) is 11.6. The Morgan fingerprint density at radius 2 is 1.58 bits per heavy atom. The molecular weight excluding hydrogens is 579 g/mol. The number of hydrogen-bond donors (Lipinski definition) is 1. The van der Waals surface area contributed by atoms with Gasteiger partial charge in [0.2, 0.25) is 5.91 Å². The van der Waals surface area contributed by atoms with Crippen LogP contribution in [0.25, 0.3) is 17.0 Å². The van der Waals surface area contributed by atoms with Crippen molar-refractivity contribution in [2.24, 2.45) is 0 Å². The molecule has 1 aliphatic rings. The molecule has 2 heterocycles. The number of nitrogens with zero attached hydrogens (tertiary/aromatic N) is 2. The van der Waals surface area contributed by atoms with Crippen LogP contribution in [0, 0.1) is 5.82 Å². The van der Waals surface area contributed by atoms with Gasteiger partial charge in [0.1, 0.15) is 5.82 Å². The number of para-hydroxylation sites is 1. The fraction of sp³-hybridized carbons (Fsp3) is 0.226. The Kier molecular flexibility index (Phi) is 8.04. The van der Waals surface area contributed by atoms with Crippen LogP contribution in [0.4, 0.5) is 30.7 Å². The number of H-pyrrole nitrogens is 1. The third kappa shape index (κ3) is 6.73. The Morgan fingerprint density at radius 3 is 2.26 bits per heavy atom. The van der Waals surface area contributed by atoms with Gasteiger partial charge in [0.25, 0.3) is 5.91 Å². The largest absolute Gasteiger partial charge is 0.416 e. The lowest BCUT2D eigenvalue weighted by atomic mass is 9.98. The fourth-order valence-electron chi connectivity index (χ4n) is 5.18. The molecule has 0 aliphatic carbocycles. The van der Waals surface area contributed by atoms with Crippen LogP contribution in [-0.2, 0) is 23.6 Å². The molecule has 1 aromatic heterocycles. The van der Waals surface area contributed by atoms with Gasteiger partial charge in [0, 0.05) is 48.4 Å². The number of amides is 2. The summed E-state index contributed by atoms with van der Waals surface area (Å²) in [5, 5.41) is 0.822. The van der Waals surface area contributed by atoms with E-state index in [-0.39, 0.29) is 32.1 Å². The Morgan fingerprint density at radius 1 is 0.884 bits per heavy atom. The summed E-state index contributed by atoms with van der Waals surface area (Å²) in [6.07, 6.45) is -5.67. The predicted molar refractivity (Wildman–Crippen MR) is 145 cm³/mol. The molecule has 0 saturated carbocycles. The molecule has 5 nitrogen and oxygen atoms in total. The maximum Gasteiger partial charge on any atom is 0.416 e. The smallest absolute Gasteiger partial charge is 0.361 e. The normalized spacial score (nSPS) is 16.3. The van der Waals surface area contributed by atoms with Crippen molar-refractivity contribution < 1.29 is 40.3 Å². The summed E-state index contributed by atoms with van der Waals surface area (Å²) in [5.41, 5.74) is -1.93. The summed E-state index contributed by atoms with van der Waals surface area (Å²) >= 11 is 0. The van der Waals surface area contributed by atoms with Crippen LogP contribution in [0.15, 0.2) is 79.0 Å². The van der Waals surface area contributed by atoms with Gasteiger partial charge >= 0.3 is 12.4 Å². The van der Waals surface area contributed by atoms with Crippen molar-refractivity contribution in [3.8, 4) is 0 Å². The van der Waals surface area contributed by atoms with E-state index in [1.54, 1.807) is 18.3 Å². The molecule has 2 amide bonds. The molecule has 1 aliphatic heterocycles. The van der Waals surface area contributed by atoms with Crippen LogP contribution < -0.4 is 0 Å². The molecule has 4 aromatic rings. The van der Waals surface area contributed by atoms with Crippen molar-refractivity contribution in [1.29, 1.82) is 0 Å². The number of aromatic nitrogens is 1. The molecule has 1 unspecified atom stereocenters. The van der Waals surface area contributed by atoms with Crippen LogP contribution >= 0.6 is 0 Å². The number of carbonyl (C=O) groups is 2. The van der Waals surface area contributed by atoms with Gasteiger partial charge in [-0.05, 0) is 60.0 Å². The van der Waals surface area contributed by atoms with E-state index in [4.69, 9.17) is 0 Å². The SMILES string of the molecule is O=C(C=Cc1cccc(F)c1)N1CCN(C(=O)c2cc(C(F)(F)F)cc(C(F)(F)F)c2)C(Cc2c[nH]c3ccccc23)C1. The minimum Gasteiger partial charge on any atom is -0.361 e. The zero-order valence-corrected chi connectivity index (χ0v) is 22.3. The molecule has 3 aromatic carbocycles. The number of halogens is 7. The van der Waals surface area contributed by atoms with E-state index in [0.29, 0.717) is 17.7 Å². The Labute approximate surface area is 241 Å². The van der Waals surface area contributed by atoms with Crippen LogP contribution in [0.3, 0.4) is 0 Å². The van der Waals surface area contributed by atoms with Crippen molar-refractivity contribution in [2.45, 2.75) is 24.8 Å². The Bertz CT molecular complexity index is 1660. The average molecular weight is 604 g/mol. The number of nitrogens with one attached hydrogen (secondary N) is 1. The van der Waals surface area contributed by atoms with Gasteiger partial charge in [0.05, 0.1) is 17.2 Å². The molecule has 43 heavy (non-hydrogen) atoms. The van der Waals surface area contributed by atoms with E-state index in [9.17, 15) is 40.3 Å². The number of piperazine rings is 1. The predicted octanol–water partition coefficient (Wildman–Crippen LogP) is 6.95. The van der Waals surface area contributed by atoms with Crippen LogP contribution in [0.5, 0.6) is 0 Å². The van der Waals surface area contributed by atoms with E-state index in [0.717, 1.165) is 16.5 Å². The lowest BCUT2D eigenvalue weighted by Gasteiger charge is -2.41. The quantitative estimate of drug-likeness (QED) is 0.198. The second-order valence-electron chi connectivity index (χ2n) is 10.2. The van der Waals surface area contributed by atoms with Gasteiger partial charge in [-0.25, -0.2) is 4.39 Å². The van der Waals surface area contributed by atoms with Crippen molar-refractivity contribution >= 4 is 28.8 Å². The van der Waals surface area contributed by atoms with Gasteiger partial charge in [-0.1, -0.05) is 30.3 Å². The number of aromatic amines is 1. The molecule has 1 saturated heterocycles. The summed E-state index contributed by atoms with van der Waals surface area (Å²) in [4.78, 5) is 32.4. The summed E-state index contributed by atoms with van der Waals surface area (Å²) < 4.78 is 94.6. The molecular formula is C31H24F7N3O2. The first-order chi connectivity index (χ1) is 20.3. The zero-order valence-electron chi connectivity index (χ0n) is 22.3. The highest BCUT2D eigenvalue weighted by Crippen LogP contribution is 2.37. The highest BCUT2D eigenvalue weighted by Gasteiger charge is 2.39. The number of rotatable bonds is 5. The van der Waals surface area contributed by atoms with E-state index >= 15 is 0 Å². The lowest BCUT2D eigenvalue weighted by Crippen LogP contribution is -2.57. The molecule has 1 fully saturated rings. The minimum absolute atomic E-state index is 0.0203. The molecule has 1 atom stereocenters. The molecule has 12 heteroatoms. The molecule has 0 spiro atoms. The van der Waals surface area contributed by atoms with Crippen molar-refractivity contribution in [3.63, 3.8) is 0 Å². The first-order valence-electron chi connectivity index (χ1n) is 13.2. The molecule has 1 N–H and O–H groups in total. The number of benzene rings is 3. The van der Waals surface area contributed by atoms with E-state index in [1.165, 1.54) is 40.2 Å². The first kappa shape index (κ1) is 29.9. The number of carbonyl (C=O) groups excluding carboxylic acids is 2. The van der Waals surface area contributed by atoms with Crippen LogP contribution in [0.1, 0.15) is 32.6 Å². The van der Waals surface area contributed by atoms with Gasteiger partial charge in [-0.2, -0.15) is 26.3 Å². The average Bonchev–Trinajstić information content (AvgIpc) is 3.37. The van der Waals surface area contributed by atoms with Crippen LogP contribution in [0.2, 0.25) is 0 Å². The van der Waals surface area contributed by atoms with E-state index < -0.39 is 52.7 Å². The van der Waals surface area contributed by atoms with Crippen molar-refractivity contribution in [3.05, 3.63) is 113 Å². The topological polar surface area (TPSA) is 56.4 Å².